The van der Waals surface area contributed by atoms with E-state index in [0.717, 1.165) is 19.4 Å². The van der Waals surface area contributed by atoms with Crippen LogP contribution in [0.15, 0.2) is 30.3 Å². The van der Waals surface area contributed by atoms with Gasteiger partial charge in [0.1, 0.15) is 0 Å². The summed E-state index contributed by atoms with van der Waals surface area (Å²) in [6.45, 7) is 0.801. The van der Waals surface area contributed by atoms with Crippen LogP contribution in [0.5, 0.6) is 0 Å². The quantitative estimate of drug-likeness (QED) is 0.579. The van der Waals surface area contributed by atoms with Gasteiger partial charge in [-0.25, -0.2) is 0 Å². The molecule has 0 unspecified atom stereocenters. The van der Waals surface area contributed by atoms with E-state index in [2.05, 4.69) is 51.6 Å². The molecule has 1 aromatic rings. The molecule has 0 aromatic heterocycles. The highest BCUT2D eigenvalue weighted by molar-refractivity contribution is 9.09. The molecule has 94 valence electrons. The summed E-state index contributed by atoms with van der Waals surface area (Å²) < 4.78 is 0. The van der Waals surface area contributed by atoms with Gasteiger partial charge in [-0.3, -0.25) is 4.79 Å². The summed E-state index contributed by atoms with van der Waals surface area (Å²) >= 11 is 3.12. The van der Waals surface area contributed by atoms with E-state index in [-0.39, 0.29) is 5.91 Å². The maximum absolute atomic E-state index is 10.9. The number of rotatable bonds is 8. The Labute approximate surface area is 112 Å². The highest BCUT2D eigenvalue weighted by atomic mass is 79.9. The number of benzene rings is 1. The zero-order chi connectivity index (χ0) is 12.3. The lowest BCUT2D eigenvalue weighted by atomic mass is 10.1. The molecule has 0 aliphatic heterocycles. The monoisotopic (exact) mass is 297 g/mol. The van der Waals surface area contributed by atoms with Crippen LogP contribution >= 0.6 is 15.9 Å². The number of hydrogen-bond acceptors (Lipinski definition) is 1. The van der Waals surface area contributed by atoms with Crippen molar-refractivity contribution >= 4 is 21.8 Å². The van der Waals surface area contributed by atoms with E-state index in [1.165, 1.54) is 24.8 Å². The van der Waals surface area contributed by atoms with E-state index >= 15 is 0 Å². The van der Waals surface area contributed by atoms with E-state index in [1.54, 1.807) is 0 Å². The molecule has 0 aliphatic rings. The number of aryl methyl sites for hydroxylation is 1. The van der Waals surface area contributed by atoms with Crippen molar-refractivity contribution in [2.45, 2.75) is 32.1 Å². The lowest BCUT2D eigenvalue weighted by molar-refractivity contribution is -0.118. The second-order valence-corrected chi connectivity index (χ2v) is 4.69. The van der Waals surface area contributed by atoms with E-state index in [1.807, 2.05) is 0 Å². The fraction of sp³-hybridized carbons (Fsp3) is 0.500. The molecule has 2 nitrogen and oxygen atoms in total. The predicted octanol–water partition coefficient (Wildman–Crippen LogP) is 3.30. The van der Waals surface area contributed by atoms with Crippen LogP contribution in [0.1, 0.15) is 31.2 Å². The Kier molecular flexibility index (Phi) is 7.72. The molecule has 1 rings (SSSR count). The Bertz CT molecular complexity index is 313. The second-order valence-electron chi connectivity index (χ2n) is 4.13. The largest absolute Gasteiger partial charge is 0.355 e. The van der Waals surface area contributed by atoms with Gasteiger partial charge in [-0.2, -0.15) is 0 Å². The normalized spacial score (nSPS) is 10.2. The summed E-state index contributed by atoms with van der Waals surface area (Å²) in [5.74, 6) is 0.0780. The van der Waals surface area contributed by atoms with Crippen LogP contribution in [0.25, 0.3) is 0 Å². The minimum absolute atomic E-state index is 0.0780. The Morgan fingerprint density at radius 1 is 1.06 bits per heavy atom. The first-order valence-electron chi connectivity index (χ1n) is 6.19. The zero-order valence-corrected chi connectivity index (χ0v) is 11.7. The minimum Gasteiger partial charge on any atom is -0.355 e. The Morgan fingerprint density at radius 2 is 1.76 bits per heavy atom. The number of alkyl halides is 1. The highest BCUT2D eigenvalue weighted by Crippen LogP contribution is 2.07. The van der Waals surface area contributed by atoms with Crippen LogP contribution in [0.4, 0.5) is 0 Å². The molecule has 0 spiro atoms. The van der Waals surface area contributed by atoms with Gasteiger partial charge in [0, 0.05) is 6.54 Å². The number of hydrogen-bond donors (Lipinski definition) is 1. The van der Waals surface area contributed by atoms with Crippen molar-refractivity contribution in [3.63, 3.8) is 0 Å². The van der Waals surface area contributed by atoms with Crippen molar-refractivity contribution in [3.05, 3.63) is 35.9 Å². The molecule has 1 N–H and O–H groups in total. The number of amides is 1. The Hall–Kier alpha value is -0.830. The van der Waals surface area contributed by atoms with Crippen molar-refractivity contribution in [1.29, 1.82) is 0 Å². The average molecular weight is 298 g/mol. The molecule has 3 heteroatoms. The van der Waals surface area contributed by atoms with E-state index < -0.39 is 0 Å². The second kappa shape index (κ2) is 9.23. The first kappa shape index (κ1) is 14.2. The van der Waals surface area contributed by atoms with Crippen molar-refractivity contribution in [2.24, 2.45) is 0 Å². The van der Waals surface area contributed by atoms with E-state index in [4.69, 9.17) is 0 Å². The molecule has 0 bridgehead atoms. The highest BCUT2D eigenvalue weighted by Gasteiger charge is 1.96. The van der Waals surface area contributed by atoms with Gasteiger partial charge < -0.3 is 5.32 Å². The number of nitrogens with one attached hydrogen (secondary N) is 1. The van der Waals surface area contributed by atoms with Crippen LogP contribution in [0.2, 0.25) is 0 Å². The molecule has 17 heavy (non-hydrogen) atoms. The number of unbranched alkanes of at least 4 members (excludes halogenated alkanes) is 3. The Morgan fingerprint density at radius 3 is 2.47 bits per heavy atom. The van der Waals surface area contributed by atoms with Gasteiger partial charge in [0.25, 0.3) is 0 Å². The van der Waals surface area contributed by atoms with Crippen molar-refractivity contribution in [2.75, 3.05) is 11.9 Å². The van der Waals surface area contributed by atoms with Gasteiger partial charge in [0.2, 0.25) is 5.91 Å². The smallest absolute Gasteiger partial charge is 0.230 e. The fourth-order valence-electron chi connectivity index (χ4n) is 1.73. The molecule has 0 fully saturated rings. The van der Waals surface area contributed by atoms with E-state index in [0.29, 0.717) is 5.33 Å². The van der Waals surface area contributed by atoms with Crippen LogP contribution in [-0.2, 0) is 11.2 Å². The molecular weight excluding hydrogens is 278 g/mol. The summed E-state index contributed by atoms with van der Waals surface area (Å²) in [6, 6.07) is 10.6. The van der Waals surface area contributed by atoms with Crippen molar-refractivity contribution in [3.8, 4) is 0 Å². The first-order chi connectivity index (χ1) is 8.33. The molecular formula is C14H20BrNO. The van der Waals surface area contributed by atoms with Gasteiger partial charge in [0.05, 0.1) is 5.33 Å². The summed E-state index contributed by atoms with van der Waals surface area (Å²) in [5.41, 5.74) is 1.42. The number of carbonyl (C=O) groups is 1. The first-order valence-corrected chi connectivity index (χ1v) is 7.31. The van der Waals surface area contributed by atoms with Crippen LogP contribution < -0.4 is 5.32 Å². The zero-order valence-electron chi connectivity index (χ0n) is 10.1. The van der Waals surface area contributed by atoms with Crippen molar-refractivity contribution < 1.29 is 4.79 Å². The van der Waals surface area contributed by atoms with Gasteiger partial charge in [-0.05, 0) is 24.8 Å². The van der Waals surface area contributed by atoms with Gasteiger partial charge in [-0.1, -0.05) is 59.1 Å². The van der Waals surface area contributed by atoms with Gasteiger partial charge in [-0.15, -0.1) is 0 Å². The summed E-state index contributed by atoms with van der Waals surface area (Å²) in [6.07, 6.45) is 5.90. The molecule has 0 aliphatic carbocycles. The molecule has 0 atom stereocenters. The van der Waals surface area contributed by atoms with Gasteiger partial charge >= 0.3 is 0 Å². The SMILES string of the molecule is O=C(CBr)NCCCCCCc1ccccc1. The van der Waals surface area contributed by atoms with Crippen LogP contribution in [0, 0.1) is 0 Å². The summed E-state index contributed by atoms with van der Waals surface area (Å²) in [5, 5.41) is 3.26. The molecule has 0 saturated carbocycles. The third kappa shape index (κ3) is 7.16. The third-order valence-corrected chi connectivity index (χ3v) is 3.19. The van der Waals surface area contributed by atoms with Crippen LogP contribution in [0.3, 0.4) is 0 Å². The maximum Gasteiger partial charge on any atom is 0.230 e. The molecule has 0 heterocycles. The van der Waals surface area contributed by atoms with Crippen molar-refractivity contribution in [1.82, 2.24) is 5.32 Å². The molecule has 1 amide bonds. The standard InChI is InChI=1S/C14H20BrNO/c15-12-14(17)16-11-7-2-1-4-8-13-9-5-3-6-10-13/h3,5-6,9-10H,1-2,4,7-8,11-12H2,(H,16,17). The number of carbonyl (C=O) groups excluding carboxylic acids is 1. The number of halogens is 1. The Balaban J connectivity index is 1.93. The third-order valence-electron chi connectivity index (χ3n) is 2.68. The average Bonchev–Trinajstić information content (AvgIpc) is 2.38. The minimum atomic E-state index is 0.0780. The maximum atomic E-state index is 10.9. The van der Waals surface area contributed by atoms with E-state index in [9.17, 15) is 4.79 Å². The fourth-order valence-corrected chi connectivity index (χ4v) is 1.93. The van der Waals surface area contributed by atoms with Gasteiger partial charge in [0.15, 0.2) is 0 Å². The predicted molar refractivity (Wildman–Crippen MR) is 75.4 cm³/mol. The summed E-state index contributed by atoms with van der Waals surface area (Å²) in [7, 11) is 0. The molecule has 0 radical (unpaired) electrons. The molecule has 1 aromatic carbocycles. The lowest BCUT2D eigenvalue weighted by Crippen LogP contribution is -2.25. The lowest BCUT2D eigenvalue weighted by Gasteiger charge is -2.03. The molecule has 0 saturated heterocycles. The topological polar surface area (TPSA) is 29.1 Å². The summed E-state index contributed by atoms with van der Waals surface area (Å²) in [4.78, 5) is 10.9. The van der Waals surface area contributed by atoms with Crippen LogP contribution in [-0.4, -0.2) is 17.8 Å².